The van der Waals surface area contributed by atoms with Gasteiger partial charge in [0.05, 0.1) is 13.1 Å². The van der Waals surface area contributed by atoms with Crippen LogP contribution in [0.2, 0.25) is 0 Å². The van der Waals surface area contributed by atoms with Gasteiger partial charge < -0.3 is 9.84 Å². The largest absolute Gasteiger partial charge is 0.345 e. The minimum atomic E-state index is -0.565. The van der Waals surface area contributed by atoms with Crippen LogP contribution in [0.3, 0.4) is 0 Å². The molecule has 1 amide bonds. The Morgan fingerprint density at radius 1 is 1.03 bits per heavy atom. The molecule has 0 aliphatic carbocycles. The van der Waals surface area contributed by atoms with E-state index in [1.54, 1.807) is 24.5 Å². The number of hydrogen-bond acceptors (Lipinski definition) is 7. The first kappa shape index (κ1) is 20.0. The third-order valence-electron chi connectivity index (χ3n) is 4.48. The molecule has 4 rings (SSSR count). The summed E-state index contributed by atoms with van der Waals surface area (Å²) in [5.41, 5.74) is 0.512. The van der Waals surface area contributed by atoms with E-state index in [4.69, 9.17) is 4.52 Å². The number of carbonyl (C=O) groups is 1. The Kier molecular flexibility index (Phi) is 5.79. The standard InChI is InChI=1S/C21H18N6O4/c28-17(23-12-18-24-20(25-31-18)16-6-9-22-10-7-16)14-27-19(29)8-11-26(21(27)30)13-15-4-2-1-3-5-15/h1-11H,12-14H2,(H,23,28). The zero-order valence-electron chi connectivity index (χ0n) is 16.3. The lowest BCUT2D eigenvalue weighted by Crippen LogP contribution is -2.43. The molecular formula is C21H18N6O4. The SMILES string of the molecule is O=C(Cn1c(=O)ccn(Cc2ccccc2)c1=O)NCc1nc(-c2ccncc2)no1. The first-order valence-electron chi connectivity index (χ1n) is 9.44. The van der Waals surface area contributed by atoms with E-state index in [9.17, 15) is 14.4 Å². The summed E-state index contributed by atoms with van der Waals surface area (Å²) in [6.45, 7) is -0.156. The first-order chi connectivity index (χ1) is 15.1. The average Bonchev–Trinajstić information content (AvgIpc) is 3.28. The van der Waals surface area contributed by atoms with Crippen LogP contribution in [-0.2, 0) is 24.4 Å². The van der Waals surface area contributed by atoms with Crippen LogP contribution in [0.5, 0.6) is 0 Å². The van der Waals surface area contributed by atoms with Crippen molar-refractivity contribution in [1.29, 1.82) is 0 Å². The van der Waals surface area contributed by atoms with Crippen molar-refractivity contribution in [3.05, 3.63) is 99.4 Å². The van der Waals surface area contributed by atoms with E-state index < -0.39 is 23.7 Å². The van der Waals surface area contributed by atoms with E-state index >= 15 is 0 Å². The summed E-state index contributed by atoms with van der Waals surface area (Å²) >= 11 is 0. The average molecular weight is 418 g/mol. The fourth-order valence-electron chi connectivity index (χ4n) is 2.92. The molecule has 10 nitrogen and oxygen atoms in total. The Labute approximate surface area is 175 Å². The topological polar surface area (TPSA) is 125 Å². The van der Waals surface area contributed by atoms with Gasteiger partial charge in [-0.15, -0.1) is 0 Å². The number of aromatic nitrogens is 5. The summed E-state index contributed by atoms with van der Waals surface area (Å²) in [6.07, 6.45) is 4.63. The summed E-state index contributed by atoms with van der Waals surface area (Å²) in [4.78, 5) is 45.2. The fraction of sp³-hybridized carbons (Fsp3) is 0.143. The van der Waals surface area contributed by atoms with Crippen molar-refractivity contribution in [3.63, 3.8) is 0 Å². The normalized spacial score (nSPS) is 10.7. The lowest BCUT2D eigenvalue weighted by molar-refractivity contribution is -0.122. The molecule has 0 atom stereocenters. The van der Waals surface area contributed by atoms with Gasteiger partial charge in [-0.05, 0) is 17.7 Å². The highest BCUT2D eigenvalue weighted by molar-refractivity contribution is 5.75. The molecule has 0 unspecified atom stereocenters. The van der Waals surface area contributed by atoms with Crippen molar-refractivity contribution in [2.24, 2.45) is 0 Å². The Bertz CT molecular complexity index is 1290. The van der Waals surface area contributed by atoms with Gasteiger partial charge in [-0.25, -0.2) is 4.79 Å². The van der Waals surface area contributed by atoms with Crippen molar-refractivity contribution in [3.8, 4) is 11.4 Å². The third kappa shape index (κ3) is 4.81. The van der Waals surface area contributed by atoms with Crippen LogP contribution in [0.25, 0.3) is 11.4 Å². The van der Waals surface area contributed by atoms with Crippen LogP contribution >= 0.6 is 0 Å². The second kappa shape index (κ2) is 8.99. The number of nitrogens with zero attached hydrogens (tertiary/aromatic N) is 5. The van der Waals surface area contributed by atoms with Gasteiger partial charge in [0.1, 0.15) is 6.54 Å². The van der Waals surface area contributed by atoms with Crippen molar-refractivity contribution < 1.29 is 9.32 Å². The number of hydrogen-bond donors (Lipinski definition) is 1. The molecule has 10 heteroatoms. The smallest absolute Gasteiger partial charge is 0.331 e. The van der Waals surface area contributed by atoms with Crippen molar-refractivity contribution in [1.82, 2.24) is 29.6 Å². The van der Waals surface area contributed by atoms with Crippen LogP contribution in [0.4, 0.5) is 0 Å². The van der Waals surface area contributed by atoms with E-state index in [-0.39, 0.29) is 12.4 Å². The molecular weight excluding hydrogens is 400 g/mol. The molecule has 1 aromatic carbocycles. The Hall–Kier alpha value is -4.34. The van der Waals surface area contributed by atoms with E-state index in [0.717, 1.165) is 15.7 Å². The highest BCUT2D eigenvalue weighted by atomic mass is 16.5. The van der Waals surface area contributed by atoms with E-state index in [1.165, 1.54) is 16.8 Å². The summed E-state index contributed by atoms with van der Waals surface area (Å²) in [5, 5.41) is 6.43. The maximum Gasteiger partial charge on any atom is 0.331 e. The highest BCUT2D eigenvalue weighted by Gasteiger charge is 2.13. The number of pyridine rings is 1. The van der Waals surface area contributed by atoms with Crippen LogP contribution in [0, 0.1) is 0 Å². The Morgan fingerprint density at radius 3 is 2.58 bits per heavy atom. The lowest BCUT2D eigenvalue weighted by atomic mass is 10.2. The van der Waals surface area contributed by atoms with Gasteiger partial charge in [0, 0.05) is 30.2 Å². The predicted octanol–water partition coefficient (Wildman–Crippen LogP) is 0.820. The van der Waals surface area contributed by atoms with Gasteiger partial charge in [0.15, 0.2) is 0 Å². The van der Waals surface area contributed by atoms with Gasteiger partial charge in [-0.3, -0.25) is 23.7 Å². The van der Waals surface area contributed by atoms with Crippen LogP contribution in [0.1, 0.15) is 11.5 Å². The second-order valence-corrected chi connectivity index (χ2v) is 6.66. The number of rotatable bonds is 7. The van der Waals surface area contributed by atoms with Gasteiger partial charge in [-0.2, -0.15) is 4.98 Å². The molecule has 3 heterocycles. The molecule has 0 saturated heterocycles. The monoisotopic (exact) mass is 418 g/mol. The second-order valence-electron chi connectivity index (χ2n) is 6.66. The van der Waals surface area contributed by atoms with Crippen LogP contribution in [0.15, 0.2) is 81.2 Å². The number of benzene rings is 1. The molecule has 3 aromatic heterocycles. The zero-order valence-corrected chi connectivity index (χ0v) is 16.3. The molecule has 0 radical (unpaired) electrons. The molecule has 0 saturated carbocycles. The minimum Gasteiger partial charge on any atom is -0.345 e. The quantitative estimate of drug-likeness (QED) is 0.471. The predicted molar refractivity (Wildman–Crippen MR) is 110 cm³/mol. The van der Waals surface area contributed by atoms with Crippen molar-refractivity contribution in [2.75, 3.05) is 0 Å². The maximum absolute atomic E-state index is 12.7. The number of amides is 1. The molecule has 0 fully saturated rings. The maximum atomic E-state index is 12.7. The fourth-order valence-corrected chi connectivity index (χ4v) is 2.92. The lowest BCUT2D eigenvalue weighted by Gasteiger charge is -2.10. The number of carbonyl (C=O) groups excluding carboxylic acids is 1. The molecule has 0 aliphatic rings. The summed E-state index contributed by atoms with van der Waals surface area (Å²) < 4.78 is 7.38. The first-order valence-corrected chi connectivity index (χ1v) is 9.44. The van der Waals surface area contributed by atoms with E-state index in [0.29, 0.717) is 12.4 Å². The van der Waals surface area contributed by atoms with Crippen molar-refractivity contribution >= 4 is 5.91 Å². The van der Waals surface area contributed by atoms with E-state index in [1.807, 2.05) is 30.3 Å². The Morgan fingerprint density at radius 2 is 1.81 bits per heavy atom. The van der Waals surface area contributed by atoms with Gasteiger partial charge >= 0.3 is 5.69 Å². The zero-order chi connectivity index (χ0) is 21.6. The van der Waals surface area contributed by atoms with Gasteiger partial charge in [0.25, 0.3) is 5.56 Å². The van der Waals surface area contributed by atoms with Crippen LogP contribution in [-0.4, -0.2) is 30.2 Å². The van der Waals surface area contributed by atoms with E-state index in [2.05, 4.69) is 20.4 Å². The minimum absolute atomic E-state index is 0.0310. The van der Waals surface area contributed by atoms with Gasteiger partial charge in [0.2, 0.25) is 17.6 Å². The van der Waals surface area contributed by atoms with Gasteiger partial charge in [-0.1, -0.05) is 35.5 Å². The summed E-state index contributed by atoms with van der Waals surface area (Å²) in [6, 6.07) is 14.1. The molecule has 0 bridgehead atoms. The molecule has 31 heavy (non-hydrogen) atoms. The molecule has 0 spiro atoms. The summed E-state index contributed by atoms with van der Waals surface area (Å²) in [5.74, 6) is 0.0390. The Balaban J connectivity index is 1.42. The molecule has 4 aromatic rings. The molecule has 0 aliphatic heterocycles. The number of nitrogens with one attached hydrogen (secondary N) is 1. The highest BCUT2D eigenvalue weighted by Crippen LogP contribution is 2.13. The van der Waals surface area contributed by atoms with Crippen molar-refractivity contribution in [2.45, 2.75) is 19.6 Å². The summed E-state index contributed by atoms with van der Waals surface area (Å²) in [7, 11) is 0. The molecule has 1 N–H and O–H groups in total. The third-order valence-corrected chi connectivity index (χ3v) is 4.48. The molecule has 156 valence electrons. The van der Waals surface area contributed by atoms with Crippen LogP contribution < -0.4 is 16.6 Å².